The largest absolute Gasteiger partial charge is 0.491 e. The second kappa shape index (κ2) is 17.2. The molecule has 1 rings (SSSR count). The third kappa shape index (κ3) is 14.7. The predicted octanol–water partition coefficient (Wildman–Crippen LogP) is 2.44. The molecule has 0 aliphatic rings. The molecule has 0 aliphatic carbocycles. The zero-order valence-electron chi connectivity index (χ0n) is 20.1. The van der Waals surface area contributed by atoms with Crippen LogP contribution in [-0.4, -0.2) is 93.1 Å². The van der Waals surface area contributed by atoms with Crippen molar-refractivity contribution in [1.29, 1.82) is 0 Å². The van der Waals surface area contributed by atoms with Crippen LogP contribution in [0.15, 0.2) is 30.3 Å². The summed E-state index contributed by atoms with van der Waals surface area (Å²) in [6, 6.07) is 9.36. The molecule has 6 atom stereocenters. The molecule has 0 saturated carbocycles. The summed E-state index contributed by atoms with van der Waals surface area (Å²) in [5.41, 5.74) is 0. The van der Waals surface area contributed by atoms with Crippen LogP contribution >= 0.6 is 0 Å². The molecule has 186 valence electrons. The fourth-order valence-corrected chi connectivity index (χ4v) is 2.48. The SMILES string of the molecule is CC(CO)OCC(C)OCC(C)OCC(C)OCC(C)OCC(O)COc1ccccc1. The van der Waals surface area contributed by atoms with Crippen molar-refractivity contribution >= 4 is 0 Å². The summed E-state index contributed by atoms with van der Waals surface area (Å²) < 4.78 is 33.8. The maximum absolute atomic E-state index is 10.0. The molecule has 0 saturated heterocycles. The highest BCUT2D eigenvalue weighted by Crippen LogP contribution is 2.09. The average Bonchev–Trinajstić information content (AvgIpc) is 2.81. The Hall–Kier alpha value is -1.26. The van der Waals surface area contributed by atoms with Gasteiger partial charge in [0.15, 0.2) is 0 Å². The van der Waals surface area contributed by atoms with E-state index in [9.17, 15) is 5.11 Å². The van der Waals surface area contributed by atoms with E-state index in [4.69, 9.17) is 33.5 Å². The Morgan fingerprint density at radius 1 is 0.594 bits per heavy atom. The van der Waals surface area contributed by atoms with Crippen LogP contribution in [0, 0.1) is 0 Å². The number of hydrogen-bond acceptors (Lipinski definition) is 8. The normalized spacial score (nSPS) is 17.3. The Morgan fingerprint density at radius 2 is 1.00 bits per heavy atom. The maximum atomic E-state index is 10.0. The molecule has 2 N–H and O–H groups in total. The minimum absolute atomic E-state index is 0.00294. The molecule has 1 aromatic rings. The fourth-order valence-electron chi connectivity index (χ4n) is 2.48. The van der Waals surface area contributed by atoms with Gasteiger partial charge < -0.3 is 38.6 Å². The fraction of sp³-hybridized carbons (Fsp3) is 0.750. The summed E-state index contributed by atoms with van der Waals surface area (Å²) in [5.74, 6) is 0.718. The lowest BCUT2D eigenvalue weighted by molar-refractivity contribution is -0.102. The quantitative estimate of drug-likeness (QED) is 0.326. The van der Waals surface area contributed by atoms with E-state index < -0.39 is 6.10 Å². The second-order valence-electron chi connectivity index (χ2n) is 8.18. The van der Waals surface area contributed by atoms with Crippen molar-refractivity contribution in [3.8, 4) is 5.75 Å². The van der Waals surface area contributed by atoms with E-state index in [1.165, 1.54) is 0 Å². The number of aliphatic hydroxyl groups is 2. The van der Waals surface area contributed by atoms with E-state index in [0.29, 0.717) is 26.4 Å². The number of hydrogen-bond donors (Lipinski definition) is 2. The summed E-state index contributed by atoms with van der Waals surface area (Å²) >= 11 is 0. The van der Waals surface area contributed by atoms with Crippen LogP contribution in [0.3, 0.4) is 0 Å². The molecule has 1 aromatic carbocycles. The minimum atomic E-state index is -0.709. The van der Waals surface area contributed by atoms with Crippen molar-refractivity contribution in [3.63, 3.8) is 0 Å². The lowest BCUT2D eigenvalue weighted by Crippen LogP contribution is -2.30. The molecule has 0 fully saturated rings. The van der Waals surface area contributed by atoms with Crippen LogP contribution in [0.5, 0.6) is 5.75 Å². The Balaban J connectivity index is 2.06. The Labute approximate surface area is 192 Å². The molecule has 32 heavy (non-hydrogen) atoms. The third-order valence-electron chi connectivity index (χ3n) is 4.48. The lowest BCUT2D eigenvalue weighted by atomic mass is 10.3. The first-order valence-corrected chi connectivity index (χ1v) is 11.3. The van der Waals surface area contributed by atoms with Gasteiger partial charge in [-0.25, -0.2) is 0 Å². The molecule has 0 heterocycles. The molecule has 0 spiro atoms. The molecule has 8 nitrogen and oxygen atoms in total. The van der Waals surface area contributed by atoms with Crippen molar-refractivity contribution in [2.75, 3.05) is 46.2 Å². The van der Waals surface area contributed by atoms with Gasteiger partial charge in [-0.05, 0) is 46.8 Å². The molecule has 0 aromatic heterocycles. The summed E-state index contributed by atoms with van der Waals surface area (Å²) in [5, 5.41) is 19.0. The average molecular weight is 459 g/mol. The standard InChI is InChI=1S/C24H42O8/c1-18(11-25)27-12-19(2)28-13-20(3)29-14-21(4)30-15-22(5)31-16-23(26)17-32-24-9-7-6-8-10-24/h6-10,18-23,25-26H,11-17H2,1-5H3. The third-order valence-corrected chi connectivity index (χ3v) is 4.48. The maximum Gasteiger partial charge on any atom is 0.119 e. The highest BCUT2D eigenvalue weighted by atomic mass is 16.6. The molecule has 8 heteroatoms. The van der Waals surface area contributed by atoms with Gasteiger partial charge in [-0.15, -0.1) is 0 Å². The van der Waals surface area contributed by atoms with Gasteiger partial charge in [0, 0.05) is 0 Å². The second-order valence-corrected chi connectivity index (χ2v) is 8.18. The van der Waals surface area contributed by atoms with Crippen molar-refractivity contribution < 1.29 is 38.6 Å². The first-order valence-electron chi connectivity index (χ1n) is 11.3. The molecular weight excluding hydrogens is 416 g/mol. The Kier molecular flexibility index (Phi) is 15.5. The predicted molar refractivity (Wildman–Crippen MR) is 122 cm³/mol. The van der Waals surface area contributed by atoms with Gasteiger partial charge in [-0.1, -0.05) is 18.2 Å². The molecule has 0 amide bonds. The van der Waals surface area contributed by atoms with Crippen LogP contribution in [-0.2, 0) is 23.7 Å². The van der Waals surface area contributed by atoms with E-state index in [2.05, 4.69) is 0 Å². The summed E-state index contributed by atoms with van der Waals surface area (Å²) in [4.78, 5) is 0. The van der Waals surface area contributed by atoms with Crippen LogP contribution < -0.4 is 4.74 Å². The van der Waals surface area contributed by atoms with Crippen LogP contribution in [0.25, 0.3) is 0 Å². The topological polar surface area (TPSA) is 95.8 Å². The smallest absolute Gasteiger partial charge is 0.119 e. The molecule has 6 unspecified atom stereocenters. The van der Waals surface area contributed by atoms with Crippen LogP contribution in [0.4, 0.5) is 0 Å². The van der Waals surface area contributed by atoms with Crippen molar-refractivity contribution in [2.45, 2.75) is 71.2 Å². The first-order chi connectivity index (χ1) is 15.3. The van der Waals surface area contributed by atoms with Crippen LogP contribution in [0.1, 0.15) is 34.6 Å². The number of aliphatic hydroxyl groups excluding tert-OH is 2. The van der Waals surface area contributed by atoms with Gasteiger partial charge >= 0.3 is 0 Å². The first kappa shape index (κ1) is 28.8. The lowest BCUT2D eigenvalue weighted by Gasteiger charge is -2.22. The van der Waals surface area contributed by atoms with Crippen molar-refractivity contribution in [2.24, 2.45) is 0 Å². The number of rotatable bonds is 19. The van der Waals surface area contributed by atoms with Crippen LogP contribution in [0.2, 0.25) is 0 Å². The van der Waals surface area contributed by atoms with Gasteiger partial charge in [0.1, 0.15) is 18.5 Å². The minimum Gasteiger partial charge on any atom is -0.491 e. The summed E-state index contributed by atoms with van der Waals surface area (Å²) in [7, 11) is 0. The highest BCUT2D eigenvalue weighted by molar-refractivity contribution is 5.20. The van der Waals surface area contributed by atoms with Crippen molar-refractivity contribution in [3.05, 3.63) is 30.3 Å². The van der Waals surface area contributed by atoms with E-state index in [1.807, 2.05) is 65.0 Å². The molecule has 0 radical (unpaired) electrons. The number of benzene rings is 1. The van der Waals surface area contributed by atoms with Gasteiger partial charge in [-0.3, -0.25) is 0 Å². The zero-order valence-corrected chi connectivity index (χ0v) is 20.1. The van der Waals surface area contributed by atoms with Crippen molar-refractivity contribution in [1.82, 2.24) is 0 Å². The number of para-hydroxylation sites is 1. The Bertz CT molecular complexity index is 558. The molecule has 0 bridgehead atoms. The molecule has 0 aliphatic heterocycles. The van der Waals surface area contributed by atoms with E-state index in [-0.39, 0.29) is 50.3 Å². The number of ether oxygens (including phenoxy) is 6. The molecular formula is C24H42O8. The van der Waals surface area contributed by atoms with Gasteiger partial charge in [-0.2, -0.15) is 0 Å². The van der Waals surface area contributed by atoms with Gasteiger partial charge in [0.2, 0.25) is 0 Å². The summed E-state index contributed by atoms with van der Waals surface area (Å²) in [6.07, 6.45) is -1.31. The van der Waals surface area contributed by atoms with Gasteiger partial charge in [0.25, 0.3) is 0 Å². The van der Waals surface area contributed by atoms with Gasteiger partial charge in [0.05, 0.1) is 70.2 Å². The van der Waals surface area contributed by atoms with E-state index in [0.717, 1.165) is 5.75 Å². The van der Waals surface area contributed by atoms with E-state index in [1.54, 1.807) is 0 Å². The summed E-state index contributed by atoms with van der Waals surface area (Å²) in [6.45, 7) is 11.6. The van der Waals surface area contributed by atoms with E-state index >= 15 is 0 Å². The highest BCUT2D eigenvalue weighted by Gasteiger charge is 2.13. The Morgan fingerprint density at radius 3 is 1.44 bits per heavy atom. The monoisotopic (exact) mass is 458 g/mol. The zero-order chi connectivity index (χ0) is 23.8.